The average Bonchev–Trinajstić information content (AvgIpc) is 2.60. The summed E-state index contributed by atoms with van der Waals surface area (Å²) >= 11 is 0. The summed E-state index contributed by atoms with van der Waals surface area (Å²) in [6, 6.07) is 12.6. The van der Waals surface area contributed by atoms with Crippen molar-refractivity contribution in [3.8, 4) is 0 Å². The largest absolute Gasteiger partial charge is 0.311 e. The van der Waals surface area contributed by atoms with Crippen LogP contribution < -0.4 is 5.32 Å². The quantitative estimate of drug-likeness (QED) is 0.833. The van der Waals surface area contributed by atoms with Gasteiger partial charge < -0.3 is 5.32 Å². The van der Waals surface area contributed by atoms with E-state index in [9.17, 15) is 0 Å². The van der Waals surface area contributed by atoms with Crippen LogP contribution in [-0.2, 0) is 6.42 Å². The lowest BCUT2D eigenvalue weighted by Crippen LogP contribution is -2.38. The zero-order valence-corrected chi connectivity index (χ0v) is 10.4. The molecule has 2 atom stereocenters. The Balaban J connectivity index is 0.000000963. The third kappa shape index (κ3) is 2.58. The fraction of sp³-hybridized carbons (Fsp3) is 0.571. The monoisotopic (exact) mass is 237 g/mol. The minimum absolute atomic E-state index is 0. The van der Waals surface area contributed by atoms with Gasteiger partial charge in [-0.1, -0.05) is 30.3 Å². The number of fused-ring (bicyclic) bond motifs is 2. The van der Waals surface area contributed by atoms with E-state index in [1.165, 1.54) is 37.7 Å². The van der Waals surface area contributed by atoms with Crippen LogP contribution in [0.3, 0.4) is 0 Å². The van der Waals surface area contributed by atoms with E-state index in [2.05, 4.69) is 35.6 Å². The highest BCUT2D eigenvalue weighted by molar-refractivity contribution is 5.85. The number of rotatable bonds is 2. The topological polar surface area (TPSA) is 12.0 Å². The van der Waals surface area contributed by atoms with Crippen LogP contribution in [0, 0.1) is 5.92 Å². The maximum absolute atomic E-state index is 3.71. The molecule has 1 aromatic carbocycles. The van der Waals surface area contributed by atoms with Crippen molar-refractivity contribution in [2.45, 2.75) is 44.2 Å². The number of halogens is 1. The van der Waals surface area contributed by atoms with Gasteiger partial charge in [-0.15, -0.1) is 12.4 Å². The summed E-state index contributed by atoms with van der Waals surface area (Å²) in [7, 11) is 0. The normalized spacial score (nSPS) is 32.1. The van der Waals surface area contributed by atoms with Gasteiger partial charge >= 0.3 is 0 Å². The number of piperidine rings is 1. The number of nitrogens with one attached hydrogen (secondary N) is 1. The summed E-state index contributed by atoms with van der Waals surface area (Å²) < 4.78 is 0. The van der Waals surface area contributed by atoms with Crippen molar-refractivity contribution in [1.82, 2.24) is 5.32 Å². The molecule has 0 amide bonds. The van der Waals surface area contributed by atoms with Crippen LogP contribution in [0.4, 0.5) is 0 Å². The molecule has 0 spiro atoms. The molecule has 2 unspecified atom stereocenters. The molecular formula is C14H20ClN. The van der Waals surface area contributed by atoms with Gasteiger partial charge in [-0.25, -0.2) is 0 Å². The molecule has 2 fully saturated rings. The number of benzene rings is 1. The molecule has 2 aliphatic rings. The molecule has 1 aromatic rings. The van der Waals surface area contributed by atoms with Crippen LogP contribution in [0.15, 0.2) is 30.3 Å². The van der Waals surface area contributed by atoms with Crippen LogP contribution in [0.1, 0.15) is 31.2 Å². The number of hydrogen-bond acceptors (Lipinski definition) is 1. The molecule has 0 aromatic heterocycles. The van der Waals surface area contributed by atoms with Crippen LogP contribution in [-0.4, -0.2) is 12.1 Å². The Morgan fingerprint density at radius 1 is 1.00 bits per heavy atom. The maximum atomic E-state index is 3.71. The maximum Gasteiger partial charge on any atom is 0.00729 e. The van der Waals surface area contributed by atoms with Crippen molar-refractivity contribution in [2.24, 2.45) is 5.92 Å². The predicted octanol–water partition coefficient (Wildman–Crippen LogP) is 3.18. The molecule has 3 rings (SSSR count). The molecule has 2 bridgehead atoms. The average molecular weight is 238 g/mol. The van der Waals surface area contributed by atoms with Gasteiger partial charge in [-0.3, -0.25) is 0 Å². The van der Waals surface area contributed by atoms with Gasteiger partial charge in [0.25, 0.3) is 0 Å². The lowest BCUT2D eigenvalue weighted by Gasteiger charge is -2.29. The molecule has 0 radical (unpaired) electrons. The highest BCUT2D eigenvalue weighted by Crippen LogP contribution is 2.32. The molecule has 1 N–H and O–H groups in total. The van der Waals surface area contributed by atoms with E-state index in [-0.39, 0.29) is 12.4 Å². The van der Waals surface area contributed by atoms with Gasteiger partial charge in [0, 0.05) is 12.1 Å². The summed E-state index contributed by atoms with van der Waals surface area (Å²) in [5, 5.41) is 3.71. The fourth-order valence-corrected chi connectivity index (χ4v) is 3.29. The standard InChI is InChI=1S/C14H19N.ClH/c1-2-4-11(5-3-1)8-12-9-13-6-7-14(10-12)15-13;/h1-5,12-15H,6-10H2;1H. The summed E-state index contributed by atoms with van der Waals surface area (Å²) in [5.74, 6) is 0.922. The Bertz CT molecular complexity index is 313. The first kappa shape index (κ1) is 11.9. The third-order valence-electron chi connectivity index (χ3n) is 3.94. The first-order valence-electron chi connectivity index (χ1n) is 6.20. The van der Waals surface area contributed by atoms with E-state index in [4.69, 9.17) is 0 Å². The van der Waals surface area contributed by atoms with E-state index in [0.29, 0.717) is 0 Å². The van der Waals surface area contributed by atoms with Crippen LogP contribution in [0.2, 0.25) is 0 Å². The minimum atomic E-state index is 0. The molecule has 2 heteroatoms. The first-order chi connectivity index (χ1) is 7.40. The van der Waals surface area contributed by atoms with Gasteiger partial charge in [0.1, 0.15) is 0 Å². The molecule has 0 saturated carbocycles. The van der Waals surface area contributed by atoms with Gasteiger partial charge in [0.05, 0.1) is 0 Å². The Morgan fingerprint density at radius 2 is 1.62 bits per heavy atom. The Labute approximate surface area is 104 Å². The summed E-state index contributed by atoms with van der Waals surface area (Å²) in [4.78, 5) is 0. The molecule has 2 heterocycles. The van der Waals surface area contributed by atoms with Gasteiger partial charge in [-0.05, 0) is 43.6 Å². The summed E-state index contributed by atoms with van der Waals surface area (Å²) in [5.41, 5.74) is 1.52. The Morgan fingerprint density at radius 3 is 2.25 bits per heavy atom. The van der Waals surface area contributed by atoms with Gasteiger partial charge in [0.2, 0.25) is 0 Å². The second-order valence-corrected chi connectivity index (χ2v) is 5.17. The Hall–Kier alpha value is -0.530. The smallest absolute Gasteiger partial charge is 0.00729 e. The van der Waals surface area contributed by atoms with Crippen molar-refractivity contribution in [2.75, 3.05) is 0 Å². The molecule has 1 nitrogen and oxygen atoms in total. The van der Waals surface area contributed by atoms with Crippen molar-refractivity contribution in [3.63, 3.8) is 0 Å². The zero-order valence-electron chi connectivity index (χ0n) is 9.56. The van der Waals surface area contributed by atoms with Crippen LogP contribution >= 0.6 is 12.4 Å². The minimum Gasteiger partial charge on any atom is -0.311 e. The van der Waals surface area contributed by atoms with Crippen molar-refractivity contribution in [3.05, 3.63) is 35.9 Å². The van der Waals surface area contributed by atoms with E-state index in [1.54, 1.807) is 0 Å². The highest BCUT2D eigenvalue weighted by atomic mass is 35.5. The summed E-state index contributed by atoms with van der Waals surface area (Å²) in [6.07, 6.45) is 6.90. The second-order valence-electron chi connectivity index (χ2n) is 5.17. The number of hydrogen-bond donors (Lipinski definition) is 1. The predicted molar refractivity (Wildman–Crippen MR) is 70.1 cm³/mol. The summed E-state index contributed by atoms with van der Waals surface area (Å²) in [6.45, 7) is 0. The van der Waals surface area contributed by atoms with Crippen molar-refractivity contribution >= 4 is 12.4 Å². The lowest BCUT2D eigenvalue weighted by molar-refractivity contribution is 0.298. The molecule has 0 aliphatic carbocycles. The highest BCUT2D eigenvalue weighted by Gasteiger charge is 2.33. The Kier molecular flexibility index (Phi) is 3.88. The first-order valence-corrected chi connectivity index (χ1v) is 6.20. The second kappa shape index (κ2) is 5.20. The molecular weight excluding hydrogens is 218 g/mol. The van der Waals surface area contributed by atoms with Crippen LogP contribution in [0.5, 0.6) is 0 Å². The van der Waals surface area contributed by atoms with E-state index in [1.807, 2.05) is 0 Å². The van der Waals surface area contributed by atoms with Gasteiger partial charge in [0.15, 0.2) is 0 Å². The van der Waals surface area contributed by atoms with Crippen molar-refractivity contribution < 1.29 is 0 Å². The van der Waals surface area contributed by atoms with Gasteiger partial charge in [-0.2, -0.15) is 0 Å². The molecule has 2 aliphatic heterocycles. The molecule has 88 valence electrons. The zero-order chi connectivity index (χ0) is 10.1. The van der Waals surface area contributed by atoms with E-state index in [0.717, 1.165) is 18.0 Å². The third-order valence-corrected chi connectivity index (χ3v) is 3.94. The fourth-order valence-electron chi connectivity index (χ4n) is 3.29. The lowest BCUT2D eigenvalue weighted by atomic mass is 9.87. The van der Waals surface area contributed by atoms with E-state index >= 15 is 0 Å². The SMILES string of the molecule is Cl.c1ccc(CC2CC3CCC(C2)N3)cc1. The molecule has 2 saturated heterocycles. The van der Waals surface area contributed by atoms with Crippen LogP contribution in [0.25, 0.3) is 0 Å². The van der Waals surface area contributed by atoms with Crippen molar-refractivity contribution in [1.29, 1.82) is 0 Å². The van der Waals surface area contributed by atoms with E-state index < -0.39 is 0 Å². The molecule has 16 heavy (non-hydrogen) atoms.